The number of nitrogens with zero attached hydrogens (tertiary/aromatic N) is 1. The van der Waals surface area contributed by atoms with Crippen molar-refractivity contribution in [2.75, 3.05) is 5.75 Å². The summed E-state index contributed by atoms with van der Waals surface area (Å²) in [4.78, 5) is 29.0. The molecular formula is C29H30Cl4N2O2S. The van der Waals surface area contributed by atoms with Crippen molar-refractivity contribution in [2.24, 2.45) is 0 Å². The van der Waals surface area contributed by atoms with Crippen LogP contribution < -0.4 is 5.32 Å². The number of carbonyl (C=O) groups is 2. The van der Waals surface area contributed by atoms with Crippen LogP contribution in [0.3, 0.4) is 0 Å². The molecule has 38 heavy (non-hydrogen) atoms. The van der Waals surface area contributed by atoms with E-state index in [1.807, 2.05) is 57.2 Å². The van der Waals surface area contributed by atoms with Crippen LogP contribution in [0.15, 0.2) is 66.7 Å². The van der Waals surface area contributed by atoms with Crippen molar-refractivity contribution >= 4 is 70.0 Å². The Balaban J connectivity index is 1.91. The number of benzene rings is 3. The van der Waals surface area contributed by atoms with Crippen molar-refractivity contribution in [3.05, 3.63) is 104 Å². The maximum absolute atomic E-state index is 13.8. The maximum Gasteiger partial charge on any atom is 0.243 e. The summed E-state index contributed by atoms with van der Waals surface area (Å²) in [6, 6.07) is 19.5. The average Bonchev–Trinajstić information content (AvgIpc) is 2.84. The Bertz CT molecular complexity index is 1240. The lowest BCUT2D eigenvalue weighted by molar-refractivity contribution is -0.140. The molecule has 0 heterocycles. The lowest BCUT2D eigenvalue weighted by Gasteiger charge is -2.34. The third-order valence-electron chi connectivity index (χ3n) is 5.64. The fourth-order valence-corrected chi connectivity index (χ4v) is 5.80. The molecule has 0 aliphatic rings. The van der Waals surface area contributed by atoms with Crippen LogP contribution in [0.5, 0.6) is 0 Å². The Labute approximate surface area is 249 Å². The highest BCUT2D eigenvalue weighted by Crippen LogP contribution is 2.29. The molecule has 1 atom stereocenters. The first kappa shape index (κ1) is 30.6. The number of amides is 2. The number of thioether (sulfide) groups is 1. The summed E-state index contributed by atoms with van der Waals surface area (Å²) in [7, 11) is 0. The van der Waals surface area contributed by atoms with E-state index in [1.54, 1.807) is 35.2 Å². The molecule has 0 radical (unpaired) electrons. The summed E-state index contributed by atoms with van der Waals surface area (Å²) in [5.41, 5.74) is 2.02. The quantitative estimate of drug-likeness (QED) is 0.252. The predicted molar refractivity (Wildman–Crippen MR) is 161 cm³/mol. The number of rotatable bonds is 10. The van der Waals surface area contributed by atoms with Crippen LogP contribution in [0.25, 0.3) is 0 Å². The van der Waals surface area contributed by atoms with Gasteiger partial charge < -0.3 is 10.2 Å². The van der Waals surface area contributed by atoms with E-state index in [1.165, 1.54) is 11.8 Å². The molecule has 9 heteroatoms. The molecule has 3 aromatic carbocycles. The van der Waals surface area contributed by atoms with Crippen molar-refractivity contribution in [2.45, 2.75) is 51.1 Å². The molecule has 0 aliphatic carbocycles. The number of nitrogens with one attached hydrogen (secondary N) is 1. The van der Waals surface area contributed by atoms with Crippen molar-refractivity contribution in [3.8, 4) is 0 Å². The first-order valence-electron chi connectivity index (χ1n) is 12.0. The monoisotopic (exact) mass is 610 g/mol. The second-order valence-corrected chi connectivity index (χ2v) is 12.5. The fraction of sp³-hybridized carbons (Fsp3) is 0.310. The normalized spacial score (nSPS) is 12.2. The number of hydrogen-bond acceptors (Lipinski definition) is 3. The topological polar surface area (TPSA) is 49.4 Å². The van der Waals surface area contributed by atoms with Gasteiger partial charge in [0.1, 0.15) is 6.04 Å². The Morgan fingerprint density at radius 2 is 1.50 bits per heavy atom. The lowest BCUT2D eigenvalue weighted by Crippen LogP contribution is -2.54. The van der Waals surface area contributed by atoms with Crippen LogP contribution in [-0.2, 0) is 28.3 Å². The van der Waals surface area contributed by atoms with E-state index >= 15 is 0 Å². The van der Waals surface area contributed by atoms with Gasteiger partial charge in [-0.25, -0.2) is 0 Å². The Kier molecular flexibility index (Phi) is 11.3. The van der Waals surface area contributed by atoms with Gasteiger partial charge in [0.2, 0.25) is 11.8 Å². The fourth-order valence-electron chi connectivity index (χ4n) is 3.84. The lowest BCUT2D eigenvalue weighted by atomic mass is 10.0. The molecule has 0 fully saturated rings. The molecule has 3 rings (SSSR count). The molecule has 202 valence electrons. The van der Waals surface area contributed by atoms with Gasteiger partial charge in [-0.1, -0.05) is 88.9 Å². The molecule has 0 aliphatic heterocycles. The van der Waals surface area contributed by atoms with Gasteiger partial charge in [0.25, 0.3) is 0 Å². The third kappa shape index (κ3) is 9.10. The largest absolute Gasteiger partial charge is 0.350 e. The van der Waals surface area contributed by atoms with Crippen molar-refractivity contribution in [1.82, 2.24) is 10.2 Å². The zero-order valence-corrected chi connectivity index (χ0v) is 25.3. The van der Waals surface area contributed by atoms with Gasteiger partial charge in [0.05, 0.1) is 15.8 Å². The third-order valence-corrected chi connectivity index (χ3v) is 8.03. The molecule has 4 nitrogen and oxygen atoms in total. The standard InChI is InChI=1S/C29H30Cl4N2O2S/c1-29(2,3)34-28(37)26(15-19-8-5-4-6-9-19)35(16-20-12-13-24(32)25(33)14-20)27(36)18-38-17-21-22(30)10-7-11-23(21)31/h4-14,26H,15-18H2,1-3H3,(H,34,37)/t26-/m0/s1. The molecule has 1 N–H and O–H groups in total. The highest BCUT2D eigenvalue weighted by molar-refractivity contribution is 7.99. The minimum Gasteiger partial charge on any atom is -0.350 e. The van der Waals surface area contributed by atoms with Gasteiger partial charge in [0, 0.05) is 34.3 Å². The van der Waals surface area contributed by atoms with Gasteiger partial charge in [-0.15, -0.1) is 11.8 Å². The molecule has 0 bridgehead atoms. The Morgan fingerprint density at radius 3 is 2.11 bits per heavy atom. The Morgan fingerprint density at radius 1 is 0.842 bits per heavy atom. The van der Waals surface area contributed by atoms with Crippen molar-refractivity contribution in [3.63, 3.8) is 0 Å². The van der Waals surface area contributed by atoms with E-state index < -0.39 is 11.6 Å². The predicted octanol–water partition coefficient (Wildman–Crippen LogP) is 8.09. The van der Waals surface area contributed by atoms with E-state index in [0.717, 1.165) is 16.7 Å². The van der Waals surface area contributed by atoms with Crippen LogP contribution >= 0.6 is 58.2 Å². The molecule has 0 saturated carbocycles. The zero-order valence-electron chi connectivity index (χ0n) is 21.4. The molecular weight excluding hydrogens is 582 g/mol. The minimum atomic E-state index is -0.747. The first-order chi connectivity index (χ1) is 17.9. The highest BCUT2D eigenvalue weighted by Gasteiger charge is 2.32. The van der Waals surface area contributed by atoms with Gasteiger partial charge in [-0.3, -0.25) is 9.59 Å². The van der Waals surface area contributed by atoms with Gasteiger partial charge in [0.15, 0.2) is 0 Å². The van der Waals surface area contributed by atoms with Gasteiger partial charge in [-0.2, -0.15) is 0 Å². The van der Waals surface area contributed by atoms with Gasteiger partial charge >= 0.3 is 0 Å². The number of hydrogen-bond donors (Lipinski definition) is 1. The average molecular weight is 612 g/mol. The SMILES string of the molecule is CC(C)(C)NC(=O)[C@H](Cc1ccccc1)N(Cc1ccc(Cl)c(Cl)c1)C(=O)CSCc1c(Cl)cccc1Cl. The number of halogens is 4. The first-order valence-corrected chi connectivity index (χ1v) is 14.7. The second kappa shape index (κ2) is 14.0. The van der Waals surface area contributed by atoms with Crippen molar-refractivity contribution in [1.29, 1.82) is 0 Å². The van der Waals surface area contributed by atoms with Gasteiger partial charge in [-0.05, 0) is 61.7 Å². The summed E-state index contributed by atoms with van der Waals surface area (Å²) in [6.45, 7) is 5.94. The smallest absolute Gasteiger partial charge is 0.243 e. The summed E-state index contributed by atoms with van der Waals surface area (Å²) < 4.78 is 0. The summed E-state index contributed by atoms with van der Waals surface area (Å²) in [6.07, 6.45) is 0.358. The van der Waals surface area contributed by atoms with Crippen LogP contribution in [0, 0.1) is 0 Å². The molecule has 0 saturated heterocycles. The molecule has 0 spiro atoms. The highest BCUT2D eigenvalue weighted by atomic mass is 35.5. The summed E-state index contributed by atoms with van der Waals surface area (Å²) in [5, 5.41) is 4.97. The van der Waals surface area contributed by atoms with Crippen LogP contribution in [0.2, 0.25) is 20.1 Å². The van der Waals surface area contributed by atoms with E-state index in [-0.39, 0.29) is 24.1 Å². The van der Waals surface area contributed by atoms with Crippen LogP contribution in [0.4, 0.5) is 0 Å². The number of carbonyl (C=O) groups excluding carboxylic acids is 2. The van der Waals surface area contributed by atoms with Crippen LogP contribution in [0.1, 0.15) is 37.5 Å². The van der Waals surface area contributed by atoms with E-state index in [9.17, 15) is 9.59 Å². The Hall–Kier alpha value is -1.89. The maximum atomic E-state index is 13.8. The minimum absolute atomic E-state index is 0.136. The van der Waals surface area contributed by atoms with Crippen LogP contribution in [-0.4, -0.2) is 34.0 Å². The van der Waals surface area contributed by atoms with E-state index in [2.05, 4.69) is 5.32 Å². The second-order valence-electron chi connectivity index (χ2n) is 9.91. The zero-order chi connectivity index (χ0) is 27.9. The van der Waals surface area contributed by atoms with E-state index in [4.69, 9.17) is 46.4 Å². The summed E-state index contributed by atoms with van der Waals surface area (Å²) in [5.74, 6) is 0.183. The molecule has 0 unspecified atom stereocenters. The summed E-state index contributed by atoms with van der Waals surface area (Å²) >= 11 is 26.4. The molecule has 3 aromatic rings. The van der Waals surface area contributed by atoms with Crippen molar-refractivity contribution < 1.29 is 9.59 Å². The molecule has 0 aromatic heterocycles. The molecule has 2 amide bonds. The van der Waals surface area contributed by atoms with E-state index in [0.29, 0.717) is 32.3 Å².